The Morgan fingerprint density at radius 3 is 2.59 bits per heavy atom. The molecule has 2 aromatic carbocycles. The monoisotopic (exact) mass is 622 g/mol. The predicted molar refractivity (Wildman–Crippen MR) is 145 cm³/mol. The SMILES string of the molecule is CCOC(=O)C1=C(C)N=c2s/c(=C/c3ccccc3OC(F)F)c(=O)n2[C@@H]1c1cc(OCC)c(OC)cc1Br. The minimum absolute atomic E-state index is 0.0717. The number of ether oxygens (including phenoxy) is 4. The first-order valence-corrected chi connectivity index (χ1v) is 13.5. The number of allylic oxidation sites excluding steroid dienone is 1. The van der Waals surface area contributed by atoms with E-state index in [4.69, 9.17) is 14.2 Å². The zero-order valence-corrected chi connectivity index (χ0v) is 23.9. The van der Waals surface area contributed by atoms with E-state index in [1.807, 2.05) is 6.92 Å². The summed E-state index contributed by atoms with van der Waals surface area (Å²) in [5, 5.41) is 0. The second-order valence-corrected chi connectivity index (χ2v) is 10.0. The van der Waals surface area contributed by atoms with Gasteiger partial charge < -0.3 is 18.9 Å². The summed E-state index contributed by atoms with van der Waals surface area (Å²) in [4.78, 5) is 31.9. The Kier molecular flexibility index (Phi) is 8.86. The number of halogens is 3. The van der Waals surface area contributed by atoms with Crippen molar-refractivity contribution in [2.45, 2.75) is 33.4 Å². The first-order chi connectivity index (χ1) is 18.7. The van der Waals surface area contributed by atoms with E-state index in [0.29, 0.717) is 44.2 Å². The number of carbonyl (C=O) groups is 1. The van der Waals surface area contributed by atoms with E-state index in [1.54, 1.807) is 44.2 Å². The Labute approximate surface area is 234 Å². The van der Waals surface area contributed by atoms with Crippen LogP contribution in [0.2, 0.25) is 0 Å². The lowest BCUT2D eigenvalue weighted by atomic mass is 9.95. The minimum Gasteiger partial charge on any atom is -0.493 e. The molecule has 0 N–H and O–H groups in total. The van der Waals surface area contributed by atoms with Gasteiger partial charge in [-0.25, -0.2) is 9.79 Å². The Balaban J connectivity index is 1.99. The van der Waals surface area contributed by atoms with Gasteiger partial charge in [0.1, 0.15) is 5.75 Å². The van der Waals surface area contributed by atoms with E-state index in [-0.39, 0.29) is 22.5 Å². The summed E-state index contributed by atoms with van der Waals surface area (Å²) >= 11 is 4.63. The van der Waals surface area contributed by atoms with Gasteiger partial charge in [0.15, 0.2) is 16.3 Å². The normalized spacial score (nSPS) is 15.2. The number of esters is 1. The van der Waals surface area contributed by atoms with Gasteiger partial charge in [0.2, 0.25) is 0 Å². The van der Waals surface area contributed by atoms with Gasteiger partial charge in [-0.1, -0.05) is 45.5 Å². The van der Waals surface area contributed by atoms with Gasteiger partial charge in [-0.3, -0.25) is 9.36 Å². The summed E-state index contributed by atoms with van der Waals surface area (Å²) in [5.74, 6) is 0.206. The van der Waals surface area contributed by atoms with Crippen molar-refractivity contribution in [1.82, 2.24) is 4.57 Å². The fraction of sp³-hybridized carbons (Fsp3) is 0.296. The molecular weight excluding hydrogens is 598 g/mol. The highest BCUT2D eigenvalue weighted by atomic mass is 79.9. The molecule has 0 amide bonds. The molecule has 0 spiro atoms. The van der Waals surface area contributed by atoms with Crippen LogP contribution in [-0.4, -0.2) is 37.5 Å². The number of para-hydroxylation sites is 1. The highest BCUT2D eigenvalue weighted by molar-refractivity contribution is 9.10. The highest BCUT2D eigenvalue weighted by Crippen LogP contribution is 2.41. The third-order valence-electron chi connectivity index (χ3n) is 5.82. The van der Waals surface area contributed by atoms with Gasteiger partial charge >= 0.3 is 12.6 Å². The van der Waals surface area contributed by atoms with Crippen LogP contribution in [0.5, 0.6) is 17.2 Å². The van der Waals surface area contributed by atoms with E-state index in [2.05, 4.69) is 25.7 Å². The Morgan fingerprint density at radius 2 is 1.92 bits per heavy atom. The van der Waals surface area contributed by atoms with E-state index in [1.165, 1.54) is 23.8 Å². The molecule has 39 heavy (non-hydrogen) atoms. The second kappa shape index (κ2) is 12.1. The van der Waals surface area contributed by atoms with Crippen molar-refractivity contribution in [1.29, 1.82) is 0 Å². The van der Waals surface area contributed by atoms with Crippen LogP contribution >= 0.6 is 27.3 Å². The molecule has 206 valence electrons. The molecule has 1 aromatic heterocycles. The van der Waals surface area contributed by atoms with Crippen molar-refractivity contribution in [3.63, 3.8) is 0 Å². The van der Waals surface area contributed by atoms with Gasteiger partial charge in [0.05, 0.1) is 42.2 Å². The molecule has 0 saturated carbocycles. The Hall–Kier alpha value is -3.51. The lowest BCUT2D eigenvalue weighted by molar-refractivity contribution is -0.139. The third kappa shape index (κ3) is 5.76. The first-order valence-electron chi connectivity index (χ1n) is 11.9. The summed E-state index contributed by atoms with van der Waals surface area (Å²) in [5.41, 5.74) is 0.945. The quantitative estimate of drug-likeness (QED) is 0.325. The largest absolute Gasteiger partial charge is 0.493 e. The number of alkyl halides is 2. The lowest BCUT2D eigenvalue weighted by Crippen LogP contribution is -2.40. The molecule has 1 atom stereocenters. The smallest absolute Gasteiger partial charge is 0.387 e. The van der Waals surface area contributed by atoms with Gasteiger partial charge in [-0.2, -0.15) is 8.78 Å². The Bertz CT molecular complexity index is 1620. The van der Waals surface area contributed by atoms with E-state index in [0.717, 1.165) is 11.3 Å². The minimum atomic E-state index is -3.03. The van der Waals surface area contributed by atoms with E-state index >= 15 is 0 Å². The van der Waals surface area contributed by atoms with Crippen LogP contribution in [0.25, 0.3) is 6.08 Å². The van der Waals surface area contributed by atoms with Crippen LogP contribution in [0.3, 0.4) is 0 Å². The fourth-order valence-electron chi connectivity index (χ4n) is 4.22. The van der Waals surface area contributed by atoms with Crippen LogP contribution in [-0.2, 0) is 9.53 Å². The molecule has 0 fully saturated rings. The number of benzene rings is 2. The number of fused-ring (bicyclic) bond motifs is 1. The summed E-state index contributed by atoms with van der Waals surface area (Å²) in [7, 11) is 1.51. The average Bonchev–Trinajstić information content (AvgIpc) is 3.19. The standard InChI is InChI=1S/C27H25BrF2N2O6S/c1-5-36-20-12-16(17(28)13-19(20)35-4)23-22(25(34)37-6-2)14(3)31-27-32(23)24(33)21(39-27)11-15-9-7-8-10-18(15)38-26(29)30/h7-13,23,26H,5-6H2,1-4H3/b21-11+/t23-/m1/s1. The van der Waals surface area contributed by atoms with Crippen LogP contribution in [0.15, 0.2) is 61.9 Å². The number of methoxy groups -OCH3 is 1. The van der Waals surface area contributed by atoms with Gasteiger partial charge in [0, 0.05) is 10.0 Å². The maximum atomic E-state index is 13.9. The zero-order chi connectivity index (χ0) is 28.3. The number of nitrogens with zero attached hydrogens (tertiary/aromatic N) is 2. The van der Waals surface area contributed by atoms with Gasteiger partial charge in [0.25, 0.3) is 5.56 Å². The van der Waals surface area contributed by atoms with Crippen molar-refractivity contribution < 1.29 is 32.5 Å². The van der Waals surface area contributed by atoms with E-state index < -0.39 is 24.2 Å². The summed E-state index contributed by atoms with van der Waals surface area (Å²) in [6.07, 6.45) is 1.47. The highest BCUT2D eigenvalue weighted by Gasteiger charge is 2.35. The molecule has 8 nitrogen and oxygen atoms in total. The van der Waals surface area contributed by atoms with Crippen LogP contribution in [0.1, 0.15) is 37.9 Å². The molecule has 1 aliphatic heterocycles. The van der Waals surface area contributed by atoms with Crippen LogP contribution in [0.4, 0.5) is 8.78 Å². The average molecular weight is 623 g/mol. The molecule has 1 aliphatic rings. The second-order valence-electron chi connectivity index (χ2n) is 8.18. The summed E-state index contributed by atoms with van der Waals surface area (Å²) in [6.45, 7) is 2.65. The van der Waals surface area contributed by atoms with Crippen LogP contribution in [0, 0.1) is 0 Å². The number of hydrogen-bond acceptors (Lipinski definition) is 8. The molecule has 0 radical (unpaired) electrons. The maximum Gasteiger partial charge on any atom is 0.387 e. The van der Waals surface area contributed by atoms with E-state index in [9.17, 15) is 18.4 Å². The van der Waals surface area contributed by atoms with Crippen molar-refractivity contribution in [3.05, 3.63) is 83.0 Å². The number of rotatable bonds is 9. The molecule has 0 bridgehead atoms. The first kappa shape index (κ1) is 28.5. The van der Waals surface area contributed by atoms with Crippen molar-refractivity contribution in [3.8, 4) is 17.2 Å². The van der Waals surface area contributed by atoms with Gasteiger partial charge in [-0.15, -0.1) is 0 Å². The molecule has 4 rings (SSSR count). The molecule has 3 aromatic rings. The number of carbonyl (C=O) groups excluding carboxylic acids is 1. The molecule has 12 heteroatoms. The van der Waals surface area contributed by atoms with Crippen molar-refractivity contribution in [2.24, 2.45) is 4.99 Å². The predicted octanol–water partition coefficient (Wildman–Crippen LogP) is 4.57. The number of thiazole rings is 1. The number of aromatic nitrogens is 1. The fourth-order valence-corrected chi connectivity index (χ4v) is 5.80. The molecular formula is C27H25BrF2N2O6S. The van der Waals surface area contributed by atoms with Crippen LogP contribution < -0.4 is 29.1 Å². The molecule has 0 aliphatic carbocycles. The zero-order valence-electron chi connectivity index (χ0n) is 21.5. The maximum absolute atomic E-state index is 13.9. The van der Waals surface area contributed by atoms with Crippen molar-refractivity contribution in [2.75, 3.05) is 20.3 Å². The molecule has 2 heterocycles. The third-order valence-corrected chi connectivity index (χ3v) is 7.49. The van der Waals surface area contributed by atoms with Crippen molar-refractivity contribution >= 4 is 39.3 Å². The summed E-state index contributed by atoms with van der Waals surface area (Å²) < 4.78 is 49.3. The molecule has 0 saturated heterocycles. The van der Waals surface area contributed by atoms with Gasteiger partial charge in [-0.05, 0) is 50.6 Å². The lowest BCUT2D eigenvalue weighted by Gasteiger charge is -2.26. The summed E-state index contributed by atoms with van der Waals surface area (Å²) in [6, 6.07) is 8.65. The Morgan fingerprint density at radius 1 is 1.18 bits per heavy atom. The molecule has 0 unspecified atom stereocenters. The number of hydrogen-bond donors (Lipinski definition) is 0. The topological polar surface area (TPSA) is 88.4 Å².